The third-order valence-electron chi connectivity index (χ3n) is 3.72. The van der Waals surface area contributed by atoms with Crippen LogP contribution in [0.5, 0.6) is 0 Å². The van der Waals surface area contributed by atoms with Crippen molar-refractivity contribution >= 4 is 5.91 Å². The van der Waals surface area contributed by atoms with Crippen molar-refractivity contribution in [1.29, 1.82) is 0 Å². The molecule has 0 bridgehead atoms. The van der Waals surface area contributed by atoms with Gasteiger partial charge in [-0.3, -0.25) is 4.79 Å². The van der Waals surface area contributed by atoms with E-state index >= 15 is 0 Å². The van der Waals surface area contributed by atoms with Gasteiger partial charge in [-0.2, -0.15) is 0 Å². The van der Waals surface area contributed by atoms with Crippen LogP contribution in [0.4, 0.5) is 0 Å². The van der Waals surface area contributed by atoms with Gasteiger partial charge in [0.05, 0.1) is 5.92 Å². The molecule has 2 nitrogen and oxygen atoms in total. The summed E-state index contributed by atoms with van der Waals surface area (Å²) in [6.07, 6.45) is 3.27. The van der Waals surface area contributed by atoms with E-state index in [4.69, 9.17) is 0 Å². The standard InChI is InChI=1S/C15H21NO/c1-3-7-14-12(2)15(17)16(14)11-10-13-8-5-4-6-9-13/h4-6,8-9,12,14H,3,7,10-11H2,1-2H3. The lowest BCUT2D eigenvalue weighted by Gasteiger charge is -2.46. The zero-order valence-electron chi connectivity index (χ0n) is 10.7. The molecular formula is C15H21NO. The Morgan fingerprint density at radius 2 is 1.94 bits per heavy atom. The first-order valence-electron chi connectivity index (χ1n) is 6.58. The maximum atomic E-state index is 11.8. The summed E-state index contributed by atoms with van der Waals surface area (Å²) in [5.41, 5.74) is 1.31. The van der Waals surface area contributed by atoms with Gasteiger partial charge in [0.25, 0.3) is 0 Å². The zero-order valence-corrected chi connectivity index (χ0v) is 10.7. The second kappa shape index (κ2) is 5.35. The Kier molecular flexibility index (Phi) is 3.82. The number of carbonyl (C=O) groups is 1. The normalized spacial score (nSPS) is 23.6. The van der Waals surface area contributed by atoms with Gasteiger partial charge in [-0.1, -0.05) is 50.6 Å². The van der Waals surface area contributed by atoms with E-state index in [1.54, 1.807) is 0 Å². The minimum atomic E-state index is 0.241. The van der Waals surface area contributed by atoms with E-state index in [0.717, 1.165) is 25.8 Å². The van der Waals surface area contributed by atoms with E-state index < -0.39 is 0 Å². The van der Waals surface area contributed by atoms with Gasteiger partial charge in [0.15, 0.2) is 0 Å². The number of rotatable bonds is 5. The van der Waals surface area contributed by atoms with E-state index in [9.17, 15) is 4.79 Å². The predicted octanol–water partition coefficient (Wildman–Crippen LogP) is 2.88. The summed E-state index contributed by atoms with van der Waals surface area (Å²) in [4.78, 5) is 13.9. The number of nitrogens with zero attached hydrogens (tertiary/aromatic N) is 1. The van der Waals surface area contributed by atoms with Gasteiger partial charge in [-0.05, 0) is 18.4 Å². The number of β-lactam (4-membered cyclic amide) rings is 1. The van der Waals surface area contributed by atoms with Crippen LogP contribution >= 0.6 is 0 Å². The molecule has 1 aromatic rings. The van der Waals surface area contributed by atoms with Gasteiger partial charge in [-0.25, -0.2) is 0 Å². The third kappa shape index (κ3) is 2.51. The molecule has 0 spiro atoms. The van der Waals surface area contributed by atoms with Crippen molar-refractivity contribution in [3.63, 3.8) is 0 Å². The van der Waals surface area contributed by atoms with Gasteiger partial charge in [0, 0.05) is 12.6 Å². The largest absolute Gasteiger partial charge is 0.338 e. The fourth-order valence-corrected chi connectivity index (χ4v) is 2.65. The fraction of sp³-hybridized carbons (Fsp3) is 0.533. The molecule has 92 valence electrons. The molecule has 2 heteroatoms. The van der Waals surface area contributed by atoms with Crippen molar-refractivity contribution in [2.24, 2.45) is 5.92 Å². The highest BCUT2D eigenvalue weighted by atomic mass is 16.2. The van der Waals surface area contributed by atoms with Crippen LogP contribution in [0.1, 0.15) is 32.3 Å². The molecule has 1 aliphatic heterocycles. The van der Waals surface area contributed by atoms with Gasteiger partial charge in [-0.15, -0.1) is 0 Å². The highest BCUT2D eigenvalue weighted by Crippen LogP contribution is 2.29. The maximum absolute atomic E-state index is 11.8. The molecule has 1 fully saturated rings. The summed E-state index contributed by atoms with van der Waals surface area (Å²) in [7, 11) is 0. The molecule has 0 N–H and O–H groups in total. The van der Waals surface area contributed by atoms with Crippen LogP contribution in [-0.2, 0) is 11.2 Å². The highest BCUT2D eigenvalue weighted by molar-refractivity contribution is 5.85. The van der Waals surface area contributed by atoms with Crippen LogP contribution < -0.4 is 0 Å². The molecule has 1 heterocycles. The molecule has 0 saturated carbocycles. The predicted molar refractivity (Wildman–Crippen MR) is 69.7 cm³/mol. The Morgan fingerprint density at radius 3 is 2.59 bits per heavy atom. The molecule has 0 aliphatic carbocycles. The first kappa shape index (κ1) is 12.2. The number of likely N-dealkylation sites (tertiary alicyclic amines) is 1. The Labute approximate surface area is 104 Å². The molecule has 1 aromatic carbocycles. The van der Waals surface area contributed by atoms with Crippen molar-refractivity contribution in [3.8, 4) is 0 Å². The smallest absolute Gasteiger partial charge is 0.227 e. The molecule has 1 saturated heterocycles. The van der Waals surface area contributed by atoms with Gasteiger partial charge in [0.1, 0.15) is 0 Å². The summed E-state index contributed by atoms with van der Waals surface area (Å²) in [6.45, 7) is 5.12. The van der Waals surface area contributed by atoms with Crippen LogP contribution in [-0.4, -0.2) is 23.4 Å². The average molecular weight is 231 g/mol. The number of benzene rings is 1. The summed E-state index contributed by atoms with van der Waals surface area (Å²) in [6, 6.07) is 10.9. The first-order valence-corrected chi connectivity index (χ1v) is 6.58. The minimum Gasteiger partial charge on any atom is -0.338 e. The van der Waals surface area contributed by atoms with Gasteiger partial charge >= 0.3 is 0 Å². The SMILES string of the molecule is CCCC1C(C)C(=O)N1CCc1ccccc1. The van der Waals surface area contributed by atoms with Gasteiger partial charge < -0.3 is 4.90 Å². The van der Waals surface area contributed by atoms with Crippen LogP contribution in [0, 0.1) is 5.92 Å². The number of hydrogen-bond acceptors (Lipinski definition) is 1. The average Bonchev–Trinajstić information content (AvgIpc) is 2.38. The lowest BCUT2D eigenvalue weighted by molar-refractivity contribution is -0.155. The summed E-state index contributed by atoms with van der Waals surface area (Å²) < 4.78 is 0. The molecule has 1 aliphatic rings. The number of carbonyl (C=O) groups excluding carboxylic acids is 1. The Hall–Kier alpha value is -1.31. The number of amides is 1. The van der Waals surface area contributed by atoms with E-state index in [1.165, 1.54) is 5.56 Å². The molecule has 0 radical (unpaired) electrons. The zero-order chi connectivity index (χ0) is 12.3. The number of hydrogen-bond donors (Lipinski definition) is 0. The molecule has 1 amide bonds. The summed E-state index contributed by atoms with van der Waals surface area (Å²) in [5, 5.41) is 0. The van der Waals surface area contributed by atoms with Crippen LogP contribution in [0.2, 0.25) is 0 Å². The monoisotopic (exact) mass is 231 g/mol. The first-order chi connectivity index (χ1) is 8.24. The van der Waals surface area contributed by atoms with Gasteiger partial charge in [0.2, 0.25) is 5.91 Å². The van der Waals surface area contributed by atoms with Crippen molar-refractivity contribution in [2.75, 3.05) is 6.54 Å². The van der Waals surface area contributed by atoms with Crippen molar-refractivity contribution in [3.05, 3.63) is 35.9 Å². The second-order valence-electron chi connectivity index (χ2n) is 4.91. The van der Waals surface area contributed by atoms with Crippen molar-refractivity contribution in [1.82, 2.24) is 4.90 Å². The third-order valence-corrected chi connectivity index (χ3v) is 3.72. The second-order valence-corrected chi connectivity index (χ2v) is 4.91. The van der Waals surface area contributed by atoms with Crippen LogP contribution in [0.15, 0.2) is 30.3 Å². The lowest BCUT2D eigenvalue weighted by atomic mass is 9.85. The topological polar surface area (TPSA) is 20.3 Å². The maximum Gasteiger partial charge on any atom is 0.227 e. The van der Waals surface area contributed by atoms with E-state index in [2.05, 4.69) is 43.0 Å². The van der Waals surface area contributed by atoms with E-state index in [0.29, 0.717) is 11.9 Å². The molecule has 2 atom stereocenters. The van der Waals surface area contributed by atoms with Crippen LogP contribution in [0.25, 0.3) is 0 Å². The molecule has 0 aromatic heterocycles. The Balaban J connectivity index is 1.88. The quantitative estimate of drug-likeness (QED) is 0.714. The molecule has 2 rings (SSSR count). The lowest BCUT2D eigenvalue weighted by Crippen LogP contribution is -2.60. The molecule has 17 heavy (non-hydrogen) atoms. The molecular weight excluding hydrogens is 210 g/mol. The minimum absolute atomic E-state index is 0.241. The Bertz CT molecular complexity index is 374. The van der Waals surface area contributed by atoms with Crippen molar-refractivity contribution < 1.29 is 4.79 Å². The fourth-order valence-electron chi connectivity index (χ4n) is 2.65. The summed E-state index contributed by atoms with van der Waals surface area (Å²) >= 11 is 0. The molecule has 2 unspecified atom stereocenters. The highest BCUT2D eigenvalue weighted by Gasteiger charge is 2.42. The van der Waals surface area contributed by atoms with Crippen LogP contribution in [0.3, 0.4) is 0 Å². The van der Waals surface area contributed by atoms with E-state index in [-0.39, 0.29) is 5.92 Å². The Morgan fingerprint density at radius 1 is 1.24 bits per heavy atom. The van der Waals surface area contributed by atoms with Crippen molar-refractivity contribution in [2.45, 2.75) is 39.2 Å². The summed E-state index contributed by atoms with van der Waals surface area (Å²) in [5.74, 6) is 0.574. The van der Waals surface area contributed by atoms with E-state index in [1.807, 2.05) is 6.07 Å².